The van der Waals surface area contributed by atoms with Gasteiger partial charge in [-0.2, -0.15) is 5.10 Å². The number of aromatic nitrogens is 2. The van der Waals surface area contributed by atoms with Crippen LogP contribution in [-0.4, -0.2) is 21.9 Å². The molecule has 8 heteroatoms. The van der Waals surface area contributed by atoms with Gasteiger partial charge < -0.3 is 5.32 Å². The van der Waals surface area contributed by atoms with Gasteiger partial charge in [-0.25, -0.2) is 5.10 Å². The number of halogens is 2. The number of hydrogen-bond acceptors (Lipinski definition) is 4. The zero-order chi connectivity index (χ0) is 19.2. The van der Waals surface area contributed by atoms with Crippen molar-refractivity contribution in [3.63, 3.8) is 0 Å². The summed E-state index contributed by atoms with van der Waals surface area (Å²) in [5, 5.41) is 10.4. The SMILES string of the molecule is O=C(CSCc1ccc(Cl)cc1Cl)Nc1cccc(-c2ccc(=O)[nH]n2)c1. The minimum absolute atomic E-state index is 0.114. The number of nitrogens with zero attached hydrogens (tertiary/aromatic N) is 1. The Morgan fingerprint density at radius 1 is 1.11 bits per heavy atom. The molecule has 27 heavy (non-hydrogen) atoms. The molecular weight excluding hydrogens is 405 g/mol. The number of nitrogens with one attached hydrogen (secondary N) is 2. The molecule has 3 rings (SSSR count). The van der Waals surface area contributed by atoms with Crippen molar-refractivity contribution in [1.82, 2.24) is 10.2 Å². The summed E-state index contributed by atoms with van der Waals surface area (Å²) in [4.78, 5) is 23.3. The highest BCUT2D eigenvalue weighted by Gasteiger charge is 2.07. The Bertz CT molecular complexity index is 1000. The summed E-state index contributed by atoms with van der Waals surface area (Å²) in [6.07, 6.45) is 0. The number of hydrogen-bond donors (Lipinski definition) is 2. The molecule has 0 atom stereocenters. The summed E-state index contributed by atoms with van der Waals surface area (Å²) in [5.74, 6) is 0.793. The Kier molecular flexibility index (Phi) is 6.55. The monoisotopic (exact) mass is 419 g/mol. The first kappa shape index (κ1) is 19.5. The molecule has 3 aromatic rings. The van der Waals surface area contributed by atoms with Crippen LogP contribution in [0.3, 0.4) is 0 Å². The van der Waals surface area contributed by atoms with Gasteiger partial charge in [0, 0.05) is 33.1 Å². The first-order valence-corrected chi connectivity index (χ1v) is 9.90. The van der Waals surface area contributed by atoms with Crippen molar-refractivity contribution in [1.29, 1.82) is 0 Å². The number of benzene rings is 2. The number of carbonyl (C=O) groups excluding carboxylic acids is 1. The lowest BCUT2D eigenvalue weighted by molar-refractivity contribution is -0.113. The predicted octanol–water partition coefficient (Wildman–Crippen LogP) is 4.62. The molecule has 2 N–H and O–H groups in total. The topological polar surface area (TPSA) is 74.8 Å². The van der Waals surface area contributed by atoms with Gasteiger partial charge in [-0.05, 0) is 35.9 Å². The van der Waals surface area contributed by atoms with Crippen molar-refractivity contribution >= 4 is 46.6 Å². The minimum atomic E-state index is -0.263. The molecule has 0 aliphatic heterocycles. The zero-order valence-electron chi connectivity index (χ0n) is 14.0. The van der Waals surface area contributed by atoms with Gasteiger partial charge in [0.05, 0.1) is 11.4 Å². The van der Waals surface area contributed by atoms with E-state index in [-0.39, 0.29) is 11.5 Å². The Hall–Kier alpha value is -2.28. The summed E-state index contributed by atoms with van der Waals surface area (Å²) in [7, 11) is 0. The molecule has 5 nitrogen and oxygen atoms in total. The molecule has 2 aromatic carbocycles. The fraction of sp³-hybridized carbons (Fsp3) is 0.105. The van der Waals surface area contributed by atoms with Gasteiger partial charge in [0.2, 0.25) is 5.91 Å². The second-order valence-electron chi connectivity index (χ2n) is 5.66. The number of anilines is 1. The van der Waals surface area contributed by atoms with E-state index < -0.39 is 0 Å². The predicted molar refractivity (Wildman–Crippen MR) is 112 cm³/mol. The van der Waals surface area contributed by atoms with Crippen LogP contribution in [0.2, 0.25) is 10.0 Å². The maximum atomic E-state index is 12.2. The number of amides is 1. The highest BCUT2D eigenvalue weighted by atomic mass is 35.5. The largest absolute Gasteiger partial charge is 0.325 e. The number of rotatable bonds is 6. The fourth-order valence-corrected chi connectivity index (χ4v) is 3.74. The molecular formula is C19H15Cl2N3O2S. The van der Waals surface area contributed by atoms with E-state index in [9.17, 15) is 9.59 Å². The van der Waals surface area contributed by atoms with Crippen LogP contribution in [-0.2, 0) is 10.5 Å². The van der Waals surface area contributed by atoms with Gasteiger partial charge in [-0.1, -0.05) is 41.4 Å². The van der Waals surface area contributed by atoms with Crippen molar-refractivity contribution in [3.05, 3.63) is 80.6 Å². The van der Waals surface area contributed by atoms with E-state index in [0.29, 0.717) is 32.9 Å². The van der Waals surface area contributed by atoms with E-state index in [0.717, 1.165) is 11.1 Å². The third-order valence-corrected chi connectivity index (χ3v) is 5.20. The molecule has 0 saturated carbocycles. The van der Waals surface area contributed by atoms with Crippen LogP contribution in [0.25, 0.3) is 11.3 Å². The van der Waals surface area contributed by atoms with Gasteiger partial charge in [-0.3, -0.25) is 9.59 Å². The fourth-order valence-electron chi connectivity index (χ4n) is 2.35. The minimum Gasteiger partial charge on any atom is -0.325 e. The van der Waals surface area contributed by atoms with Crippen LogP contribution >= 0.6 is 35.0 Å². The lowest BCUT2D eigenvalue weighted by Gasteiger charge is -2.08. The molecule has 0 fully saturated rings. The van der Waals surface area contributed by atoms with Gasteiger partial charge in [0.25, 0.3) is 5.56 Å². The van der Waals surface area contributed by atoms with E-state index >= 15 is 0 Å². The maximum Gasteiger partial charge on any atom is 0.264 e. The molecule has 0 aliphatic carbocycles. The molecule has 0 aliphatic rings. The number of carbonyl (C=O) groups is 1. The molecule has 0 spiro atoms. The van der Waals surface area contributed by atoms with Crippen molar-refractivity contribution in [2.24, 2.45) is 0 Å². The summed E-state index contributed by atoms with van der Waals surface area (Å²) in [6.45, 7) is 0. The summed E-state index contributed by atoms with van der Waals surface area (Å²) in [6, 6.07) is 15.6. The third kappa shape index (κ3) is 5.60. The van der Waals surface area contributed by atoms with Crippen LogP contribution in [0, 0.1) is 0 Å². The highest BCUT2D eigenvalue weighted by Crippen LogP contribution is 2.25. The Morgan fingerprint density at radius 3 is 2.70 bits per heavy atom. The molecule has 0 unspecified atom stereocenters. The van der Waals surface area contributed by atoms with Crippen molar-refractivity contribution in [2.75, 3.05) is 11.1 Å². The van der Waals surface area contributed by atoms with Gasteiger partial charge in [0.1, 0.15) is 0 Å². The quantitative estimate of drug-likeness (QED) is 0.611. The molecule has 1 heterocycles. The maximum absolute atomic E-state index is 12.2. The molecule has 138 valence electrons. The smallest absolute Gasteiger partial charge is 0.264 e. The standard InChI is InChI=1S/C19H15Cl2N3O2S/c20-14-5-4-13(16(21)9-14)10-27-11-19(26)22-15-3-1-2-12(8-15)17-6-7-18(25)24-23-17/h1-9H,10-11H2,(H,22,26)(H,24,25). The average molecular weight is 420 g/mol. The first-order chi connectivity index (χ1) is 13.0. The molecule has 0 radical (unpaired) electrons. The number of H-pyrrole nitrogens is 1. The Morgan fingerprint density at radius 2 is 1.96 bits per heavy atom. The van der Waals surface area contributed by atoms with Crippen LogP contribution in [0.4, 0.5) is 5.69 Å². The van der Waals surface area contributed by atoms with Crippen molar-refractivity contribution in [2.45, 2.75) is 5.75 Å². The third-order valence-electron chi connectivity index (χ3n) is 3.63. The van der Waals surface area contributed by atoms with Crippen LogP contribution < -0.4 is 10.9 Å². The van der Waals surface area contributed by atoms with Gasteiger partial charge in [-0.15, -0.1) is 11.8 Å². The molecule has 1 aromatic heterocycles. The van der Waals surface area contributed by atoms with E-state index in [1.807, 2.05) is 18.2 Å². The van der Waals surface area contributed by atoms with E-state index in [1.165, 1.54) is 17.8 Å². The van der Waals surface area contributed by atoms with E-state index in [4.69, 9.17) is 23.2 Å². The van der Waals surface area contributed by atoms with E-state index in [2.05, 4.69) is 15.5 Å². The average Bonchev–Trinajstić information content (AvgIpc) is 2.64. The van der Waals surface area contributed by atoms with Gasteiger partial charge >= 0.3 is 0 Å². The normalized spacial score (nSPS) is 10.6. The second kappa shape index (κ2) is 9.08. The number of thioether (sulfide) groups is 1. The zero-order valence-corrected chi connectivity index (χ0v) is 16.4. The summed E-state index contributed by atoms with van der Waals surface area (Å²) in [5.41, 5.74) is 2.75. The van der Waals surface area contributed by atoms with E-state index in [1.54, 1.807) is 30.3 Å². The van der Waals surface area contributed by atoms with Crippen LogP contribution in [0.1, 0.15) is 5.56 Å². The molecule has 0 bridgehead atoms. The second-order valence-corrected chi connectivity index (χ2v) is 7.49. The lowest BCUT2D eigenvalue weighted by atomic mass is 10.1. The Labute approximate surface area is 170 Å². The summed E-state index contributed by atoms with van der Waals surface area (Å²) >= 11 is 13.5. The van der Waals surface area contributed by atoms with Crippen molar-refractivity contribution in [3.8, 4) is 11.3 Å². The summed E-state index contributed by atoms with van der Waals surface area (Å²) < 4.78 is 0. The van der Waals surface area contributed by atoms with Crippen molar-refractivity contribution < 1.29 is 4.79 Å². The number of aromatic amines is 1. The Balaban J connectivity index is 1.57. The molecule has 1 amide bonds. The lowest BCUT2D eigenvalue weighted by Crippen LogP contribution is -2.14. The van der Waals surface area contributed by atoms with Gasteiger partial charge in [0.15, 0.2) is 0 Å². The van der Waals surface area contributed by atoms with Crippen LogP contribution in [0.5, 0.6) is 0 Å². The van der Waals surface area contributed by atoms with Crippen LogP contribution in [0.15, 0.2) is 59.4 Å². The molecule has 0 saturated heterocycles. The highest BCUT2D eigenvalue weighted by molar-refractivity contribution is 7.99. The first-order valence-electron chi connectivity index (χ1n) is 7.99.